The molecule has 1 aromatic rings. The molecule has 0 bridgehead atoms. The van der Waals surface area contributed by atoms with Crippen LogP contribution < -0.4 is 5.32 Å². The summed E-state index contributed by atoms with van der Waals surface area (Å²) in [4.78, 5) is 2.66. The van der Waals surface area contributed by atoms with E-state index in [-0.39, 0.29) is 0 Å². The molecule has 2 rings (SSSR count). The summed E-state index contributed by atoms with van der Waals surface area (Å²) in [5, 5.41) is 3.50. The van der Waals surface area contributed by atoms with Crippen molar-refractivity contribution < 1.29 is 0 Å². The Morgan fingerprint density at radius 3 is 2.50 bits per heavy atom. The number of hydrogen-bond acceptors (Lipinski definition) is 2. The first kappa shape index (κ1) is 13.4. The average molecular weight is 246 g/mol. The van der Waals surface area contributed by atoms with E-state index in [0.717, 1.165) is 18.5 Å². The molecule has 18 heavy (non-hydrogen) atoms. The molecular formula is C16H26N2. The SMILES string of the molecule is CC(C)CCN(CCNc1ccccc1)C1CC1. The number of nitrogens with one attached hydrogen (secondary N) is 1. The third-order valence-corrected chi connectivity index (χ3v) is 3.56. The fourth-order valence-electron chi connectivity index (χ4n) is 2.24. The molecule has 0 spiro atoms. The Labute approximate surface area is 111 Å². The molecule has 0 unspecified atom stereocenters. The summed E-state index contributed by atoms with van der Waals surface area (Å²) >= 11 is 0. The number of benzene rings is 1. The molecule has 1 aliphatic carbocycles. The van der Waals surface area contributed by atoms with Crippen LogP contribution in [-0.4, -0.2) is 30.6 Å². The highest BCUT2D eigenvalue weighted by atomic mass is 15.2. The van der Waals surface area contributed by atoms with Crippen molar-refractivity contribution in [3.8, 4) is 0 Å². The first-order valence-electron chi connectivity index (χ1n) is 7.28. The second kappa shape index (κ2) is 6.79. The van der Waals surface area contributed by atoms with E-state index in [4.69, 9.17) is 0 Å². The molecule has 0 aliphatic heterocycles. The third-order valence-electron chi connectivity index (χ3n) is 3.56. The number of nitrogens with zero attached hydrogens (tertiary/aromatic N) is 1. The van der Waals surface area contributed by atoms with E-state index in [1.165, 1.54) is 38.0 Å². The van der Waals surface area contributed by atoms with Gasteiger partial charge >= 0.3 is 0 Å². The van der Waals surface area contributed by atoms with E-state index in [1.54, 1.807) is 0 Å². The van der Waals surface area contributed by atoms with Crippen LogP contribution >= 0.6 is 0 Å². The minimum Gasteiger partial charge on any atom is -0.384 e. The van der Waals surface area contributed by atoms with Crippen LogP contribution in [-0.2, 0) is 0 Å². The van der Waals surface area contributed by atoms with Crippen LogP contribution in [0.1, 0.15) is 33.1 Å². The second-order valence-electron chi connectivity index (χ2n) is 5.74. The van der Waals surface area contributed by atoms with Crippen molar-refractivity contribution in [2.24, 2.45) is 5.92 Å². The molecule has 100 valence electrons. The Balaban J connectivity index is 1.69. The number of anilines is 1. The molecule has 1 fully saturated rings. The van der Waals surface area contributed by atoms with Crippen LogP contribution in [0.2, 0.25) is 0 Å². The first-order chi connectivity index (χ1) is 8.75. The maximum atomic E-state index is 3.50. The van der Waals surface area contributed by atoms with Crippen LogP contribution in [0, 0.1) is 5.92 Å². The zero-order valence-corrected chi connectivity index (χ0v) is 11.7. The monoisotopic (exact) mass is 246 g/mol. The number of para-hydroxylation sites is 1. The highest BCUT2D eigenvalue weighted by Gasteiger charge is 2.28. The summed E-state index contributed by atoms with van der Waals surface area (Å²) in [6, 6.07) is 11.4. The highest BCUT2D eigenvalue weighted by Crippen LogP contribution is 2.27. The van der Waals surface area contributed by atoms with Crippen LogP contribution in [0.15, 0.2) is 30.3 Å². The van der Waals surface area contributed by atoms with E-state index >= 15 is 0 Å². The van der Waals surface area contributed by atoms with Gasteiger partial charge < -0.3 is 5.32 Å². The topological polar surface area (TPSA) is 15.3 Å². The largest absolute Gasteiger partial charge is 0.384 e. The molecule has 1 N–H and O–H groups in total. The molecule has 1 aliphatic rings. The minimum atomic E-state index is 0.813. The quantitative estimate of drug-likeness (QED) is 0.754. The van der Waals surface area contributed by atoms with Gasteiger partial charge in [0.1, 0.15) is 0 Å². The Hall–Kier alpha value is -1.02. The molecule has 1 aromatic carbocycles. The molecule has 2 nitrogen and oxygen atoms in total. The van der Waals surface area contributed by atoms with E-state index in [0.29, 0.717) is 0 Å². The van der Waals surface area contributed by atoms with Gasteiger partial charge in [0.15, 0.2) is 0 Å². The zero-order chi connectivity index (χ0) is 12.8. The van der Waals surface area contributed by atoms with Gasteiger partial charge in [0.25, 0.3) is 0 Å². The normalized spacial score (nSPS) is 15.3. The lowest BCUT2D eigenvalue weighted by molar-refractivity contribution is 0.257. The van der Waals surface area contributed by atoms with E-state index in [2.05, 4.69) is 54.4 Å². The third kappa shape index (κ3) is 4.69. The summed E-state index contributed by atoms with van der Waals surface area (Å²) in [6.07, 6.45) is 4.13. The highest BCUT2D eigenvalue weighted by molar-refractivity contribution is 5.42. The maximum absolute atomic E-state index is 3.50. The summed E-state index contributed by atoms with van der Waals surface area (Å²) in [7, 11) is 0. The Kier molecular flexibility index (Phi) is 5.06. The van der Waals surface area contributed by atoms with Gasteiger partial charge in [0.05, 0.1) is 0 Å². The molecule has 0 saturated heterocycles. The molecule has 0 aromatic heterocycles. The standard InChI is InChI=1S/C16H26N2/c1-14(2)10-12-18(16-8-9-16)13-11-17-15-6-4-3-5-7-15/h3-7,14,16-17H,8-13H2,1-2H3. The lowest BCUT2D eigenvalue weighted by Crippen LogP contribution is -2.32. The zero-order valence-electron chi connectivity index (χ0n) is 11.7. The van der Waals surface area contributed by atoms with E-state index in [1.807, 2.05) is 0 Å². The molecule has 0 amide bonds. The Morgan fingerprint density at radius 1 is 1.17 bits per heavy atom. The fourth-order valence-corrected chi connectivity index (χ4v) is 2.24. The first-order valence-corrected chi connectivity index (χ1v) is 7.28. The Morgan fingerprint density at radius 2 is 1.89 bits per heavy atom. The summed E-state index contributed by atoms with van der Waals surface area (Å²) in [5.74, 6) is 0.813. The smallest absolute Gasteiger partial charge is 0.0340 e. The van der Waals surface area contributed by atoms with E-state index in [9.17, 15) is 0 Å². The van der Waals surface area contributed by atoms with Crippen molar-refractivity contribution in [2.75, 3.05) is 25.0 Å². The number of hydrogen-bond donors (Lipinski definition) is 1. The lowest BCUT2D eigenvalue weighted by atomic mass is 10.1. The van der Waals surface area contributed by atoms with Gasteiger partial charge in [-0.2, -0.15) is 0 Å². The van der Waals surface area contributed by atoms with Crippen molar-refractivity contribution in [1.29, 1.82) is 0 Å². The number of rotatable bonds is 8. The summed E-state index contributed by atoms with van der Waals surface area (Å²) in [5.41, 5.74) is 1.23. The van der Waals surface area contributed by atoms with Gasteiger partial charge in [-0.1, -0.05) is 32.0 Å². The molecule has 0 atom stereocenters. The van der Waals surface area contributed by atoms with Crippen molar-refractivity contribution in [2.45, 2.75) is 39.2 Å². The van der Waals surface area contributed by atoms with Crippen molar-refractivity contribution in [1.82, 2.24) is 4.90 Å². The Bertz CT molecular complexity index is 330. The predicted molar refractivity (Wildman–Crippen MR) is 79.0 cm³/mol. The van der Waals surface area contributed by atoms with Gasteiger partial charge in [-0.15, -0.1) is 0 Å². The average Bonchev–Trinajstić information content (AvgIpc) is 3.19. The minimum absolute atomic E-state index is 0.813. The van der Waals surface area contributed by atoms with Gasteiger partial charge in [0.2, 0.25) is 0 Å². The van der Waals surface area contributed by atoms with Gasteiger partial charge in [-0.05, 0) is 43.9 Å². The van der Waals surface area contributed by atoms with Crippen molar-refractivity contribution in [3.63, 3.8) is 0 Å². The molecule has 0 radical (unpaired) electrons. The summed E-state index contributed by atoms with van der Waals surface area (Å²) in [6.45, 7) is 8.12. The second-order valence-corrected chi connectivity index (χ2v) is 5.74. The molecule has 2 heteroatoms. The van der Waals surface area contributed by atoms with E-state index < -0.39 is 0 Å². The maximum Gasteiger partial charge on any atom is 0.0340 e. The van der Waals surface area contributed by atoms with Crippen molar-refractivity contribution in [3.05, 3.63) is 30.3 Å². The predicted octanol–water partition coefficient (Wildman–Crippen LogP) is 3.61. The molecule has 1 saturated carbocycles. The van der Waals surface area contributed by atoms with Gasteiger partial charge in [-0.3, -0.25) is 4.90 Å². The van der Waals surface area contributed by atoms with Crippen LogP contribution in [0.3, 0.4) is 0 Å². The van der Waals surface area contributed by atoms with Crippen LogP contribution in [0.25, 0.3) is 0 Å². The summed E-state index contributed by atoms with van der Waals surface area (Å²) < 4.78 is 0. The molecular weight excluding hydrogens is 220 g/mol. The van der Waals surface area contributed by atoms with Gasteiger partial charge in [-0.25, -0.2) is 0 Å². The molecule has 0 heterocycles. The fraction of sp³-hybridized carbons (Fsp3) is 0.625. The van der Waals surface area contributed by atoms with Crippen molar-refractivity contribution >= 4 is 5.69 Å². The van der Waals surface area contributed by atoms with Crippen LogP contribution in [0.4, 0.5) is 5.69 Å². The van der Waals surface area contributed by atoms with Gasteiger partial charge in [0, 0.05) is 24.8 Å². The lowest BCUT2D eigenvalue weighted by Gasteiger charge is -2.23. The van der Waals surface area contributed by atoms with Crippen LogP contribution in [0.5, 0.6) is 0 Å².